The molecule has 0 heterocycles. The van der Waals surface area contributed by atoms with E-state index in [1.807, 2.05) is 6.92 Å². The van der Waals surface area contributed by atoms with Gasteiger partial charge in [-0.1, -0.05) is 20.8 Å². The molecule has 0 aliphatic rings. The fourth-order valence-corrected chi connectivity index (χ4v) is 0.931. The zero-order chi connectivity index (χ0) is 7.44. The van der Waals surface area contributed by atoms with Crippen molar-refractivity contribution in [2.24, 2.45) is 11.8 Å². The summed E-state index contributed by atoms with van der Waals surface area (Å²) in [7, 11) is 0. The summed E-state index contributed by atoms with van der Waals surface area (Å²) >= 11 is 0. The van der Waals surface area contributed by atoms with Crippen LogP contribution in [0.1, 0.15) is 34.1 Å². The molecule has 0 N–H and O–H groups in total. The Bertz CT molecular complexity index is 67.0. The number of hydrogen-bond acceptors (Lipinski definition) is 0. The van der Waals surface area contributed by atoms with Crippen molar-refractivity contribution in [1.82, 2.24) is 0 Å². The Kier molecular flexibility index (Phi) is 3.83. The van der Waals surface area contributed by atoms with Gasteiger partial charge in [0.2, 0.25) is 0 Å². The number of hydrogen-bond donors (Lipinski definition) is 0. The molecule has 1 heteroatoms. The molecule has 0 rings (SSSR count). The molecule has 0 aromatic carbocycles. The van der Waals surface area contributed by atoms with E-state index in [9.17, 15) is 4.39 Å². The van der Waals surface area contributed by atoms with Gasteiger partial charge in [0.25, 0.3) is 0 Å². The molecule has 0 aliphatic carbocycles. The monoisotopic (exact) mass is 131 g/mol. The predicted octanol–water partition coefficient (Wildman–Crippen LogP) is 3.03. The Morgan fingerprint density at radius 2 is 1.56 bits per heavy atom. The first-order chi connectivity index (χ1) is 4.04. The van der Waals surface area contributed by atoms with Crippen LogP contribution in [0.4, 0.5) is 4.39 Å². The Balaban J connectivity index is 3.38. The largest absolute Gasteiger partial charge is 0.248 e. The summed E-state index contributed by atoms with van der Waals surface area (Å²) in [4.78, 5) is 0. The van der Waals surface area contributed by atoms with E-state index < -0.39 is 6.17 Å². The molecule has 0 bridgehead atoms. The minimum absolute atomic E-state index is 0.227. The van der Waals surface area contributed by atoms with Crippen LogP contribution in [0.25, 0.3) is 0 Å². The highest BCUT2D eigenvalue weighted by atomic mass is 18.2. The van der Waals surface area contributed by atoms with E-state index in [-0.39, 0.29) is 5.92 Å². The van der Waals surface area contributed by atoms with Gasteiger partial charge in [0.05, 0.1) is 6.17 Å². The third-order valence-electron chi connectivity index (χ3n) is 1.63. The maximum absolute atomic E-state index is 12.5. The molecule has 0 nitrogen and oxygen atoms in total. The summed E-state index contributed by atoms with van der Waals surface area (Å²) in [5, 5.41) is 0. The van der Waals surface area contributed by atoms with Crippen molar-refractivity contribution in [1.29, 1.82) is 0 Å². The quantitative estimate of drug-likeness (QED) is 0.552. The molecule has 0 spiro atoms. The zero-order valence-electron chi connectivity index (χ0n) is 6.82. The summed E-state index contributed by atoms with van der Waals surface area (Å²) in [6.07, 6.45) is 0.352. The van der Waals surface area contributed by atoms with E-state index in [0.29, 0.717) is 5.92 Å². The van der Waals surface area contributed by atoms with E-state index in [4.69, 9.17) is 0 Å². The maximum atomic E-state index is 12.5. The Labute approximate surface area is 57.5 Å². The highest BCUT2D eigenvalue weighted by Crippen LogP contribution is 2.16. The van der Waals surface area contributed by atoms with Gasteiger partial charge >= 0.3 is 0 Å². The Morgan fingerprint density at radius 1 is 1.11 bits per heavy atom. The zero-order valence-corrected chi connectivity index (χ0v) is 6.82. The average molecular weight is 131 g/mol. The minimum Gasteiger partial charge on any atom is -0.248 e. The summed E-state index contributed by atoms with van der Waals surface area (Å²) in [6.45, 7) is 7.84. The van der Waals surface area contributed by atoms with Crippen molar-refractivity contribution >= 4 is 0 Å². The van der Waals surface area contributed by atoms with Gasteiger partial charge in [-0.15, -0.1) is 0 Å². The topological polar surface area (TPSA) is 0 Å². The smallest absolute Gasteiger partial charge is 0.0999 e. The van der Waals surface area contributed by atoms with Crippen LogP contribution in [-0.2, 0) is 0 Å². The first kappa shape index (κ1) is 8.93. The van der Waals surface area contributed by atoms with Crippen LogP contribution in [0.5, 0.6) is 0 Å². The first-order valence-corrected chi connectivity index (χ1v) is 3.68. The average Bonchev–Trinajstić information content (AvgIpc) is 1.63. The Morgan fingerprint density at radius 3 is 1.67 bits per heavy atom. The standard InChI is InChI=1S/C8H17F/c1-6(2)5-7(3)8(4)9/h6-8H,5H2,1-4H3/t7-,8+/m0/s1/i9-1. The van der Waals surface area contributed by atoms with Gasteiger partial charge in [0.15, 0.2) is 0 Å². The summed E-state index contributed by atoms with van der Waals surface area (Å²) < 4.78 is 12.5. The lowest BCUT2D eigenvalue weighted by Gasteiger charge is -2.14. The Hall–Kier alpha value is -0.0700. The van der Waals surface area contributed by atoms with Crippen LogP contribution in [0.3, 0.4) is 0 Å². The van der Waals surface area contributed by atoms with Gasteiger partial charge < -0.3 is 0 Å². The lowest BCUT2D eigenvalue weighted by atomic mass is 9.95. The number of halogens is 1. The van der Waals surface area contributed by atoms with Crippen LogP contribution in [-0.4, -0.2) is 6.17 Å². The molecule has 0 aromatic rings. The van der Waals surface area contributed by atoms with Gasteiger partial charge in [-0.3, -0.25) is 0 Å². The van der Waals surface area contributed by atoms with Crippen LogP contribution >= 0.6 is 0 Å². The molecule has 0 fully saturated rings. The van der Waals surface area contributed by atoms with Crippen LogP contribution in [0.2, 0.25) is 0 Å². The van der Waals surface area contributed by atoms with E-state index in [2.05, 4.69) is 13.8 Å². The van der Waals surface area contributed by atoms with Gasteiger partial charge in [-0.2, -0.15) is 0 Å². The van der Waals surface area contributed by atoms with Gasteiger partial charge in [0, 0.05) is 0 Å². The minimum atomic E-state index is -0.646. The molecular weight excluding hydrogens is 114 g/mol. The molecule has 0 radical (unpaired) electrons. The molecule has 0 saturated carbocycles. The van der Waals surface area contributed by atoms with Gasteiger partial charge in [0.1, 0.15) is 0 Å². The first-order valence-electron chi connectivity index (χ1n) is 3.68. The lowest BCUT2D eigenvalue weighted by molar-refractivity contribution is 0.235. The fourth-order valence-electron chi connectivity index (χ4n) is 0.931. The molecule has 0 saturated heterocycles. The number of alkyl halides is 1. The normalized spacial score (nSPS) is 18.0. The number of rotatable bonds is 3. The van der Waals surface area contributed by atoms with E-state index >= 15 is 0 Å². The SMILES string of the molecule is CC(C)C[C@H](C)[C@@H](C)[18F]. The third kappa shape index (κ3) is 4.43. The van der Waals surface area contributed by atoms with Crippen LogP contribution in [0, 0.1) is 11.8 Å². The van der Waals surface area contributed by atoms with Crippen molar-refractivity contribution in [3.63, 3.8) is 0 Å². The summed E-state index contributed by atoms with van der Waals surface area (Å²) in [5.41, 5.74) is 0. The van der Waals surface area contributed by atoms with Crippen LogP contribution in [0.15, 0.2) is 0 Å². The molecule has 56 valence electrons. The van der Waals surface area contributed by atoms with E-state index in [1.165, 1.54) is 0 Å². The molecule has 9 heavy (non-hydrogen) atoms. The second-order valence-electron chi connectivity index (χ2n) is 3.28. The fraction of sp³-hybridized carbons (Fsp3) is 1.00. The van der Waals surface area contributed by atoms with E-state index in [1.54, 1.807) is 6.92 Å². The highest BCUT2D eigenvalue weighted by molar-refractivity contribution is 4.60. The van der Waals surface area contributed by atoms with E-state index in [0.717, 1.165) is 6.42 Å². The van der Waals surface area contributed by atoms with Crippen LogP contribution < -0.4 is 0 Å². The van der Waals surface area contributed by atoms with Crippen molar-refractivity contribution < 1.29 is 4.39 Å². The highest BCUT2D eigenvalue weighted by Gasteiger charge is 2.11. The molecular formula is C8H17F. The summed E-state index contributed by atoms with van der Waals surface area (Å²) in [5.74, 6) is 0.850. The third-order valence-corrected chi connectivity index (χ3v) is 1.63. The second kappa shape index (κ2) is 3.86. The van der Waals surface area contributed by atoms with Crippen molar-refractivity contribution in [3.8, 4) is 0 Å². The maximum Gasteiger partial charge on any atom is 0.0999 e. The van der Waals surface area contributed by atoms with Gasteiger partial charge in [-0.05, 0) is 25.2 Å². The lowest BCUT2D eigenvalue weighted by Crippen LogP contribution is -2.10. The summed E-state index contributed by atoms with van der Waals surface area (Å²) in [6, 6.07) is 0. The molecule has 0 amide bonds. The molecule has 2 atom stereocenters. The molecule has 0 unspecified atom stereocenters. The predicted molar refractivity (Wildman–Crippen MR) is 39.2 cm³/mol. The van der Waals surface area contributed by atoms with Crippen molar-refractivity contribution in [3.05, 3.63) is 0 Å². The van der Waals surface area contributed by atoms with Crippen molar-refractivity contribution in [2.45, 2.75) is 40.3 Å². The molecule has 0 aromatic heterocycles. The molecule has 0 aliphatic heterocycles. The van der Waals surface area contributed by atoms with Gasteiger partial charge in [-0.25, -0.2) is 4.39 Å². The van der Waals surface area contributed by atoms with Crippen molar-refractivity contribution in [2.75, 3.05) is 0 Å². The second-order valence-corrected chi connectivity index (χ2v) is 3.28.